The molecular formula is C20H32O. The minimum absolute atomic E-state index is 0.117. The zero-order chi connectivity index (χ0) is 15.5. The first-order chi connectivity index (χ1) is 9.70. The Kier molecular flexibility index (Phi) is 3.44. The lowest BCUT2D eigenvalue weighted by molar-refractivity contribution is -0.101. The normalized spacial score (nSPS) is 48.8. The van der Waals surface area contributed by atoms with Crippen LogP contribution in [0.25, 0.3) is 0 Å². The zero-order valence-corrected chi connectivity index (χ0v) is 14.3. The van der Waals surface area contributed by atoms with Crippen LogP contribution >= 0.6 is 0 Å². The Balaban J connectivity index is 1.96. The van der Waals surface area contributed by atoms with E-state index >= 15 is 0 Å². The van der Waals surface area contributed by atoms with Gasteiger partial charge in [-0.1, -0.05) is 45.4 Å². The average molecular weight is 288 g/mol. The molecule has 0 spiro atoms. The van der Waals surface area contributed by atoms with E-state index in [9.17, 15) is 5.11 Å². The Morgan fingerprint density at radius 2 is 1.95 bits per heavy atom. The highest BCUT2D eigenvalue weighted by Crippen LogP contribution is 2.63. The molecule has 118 valence electrons. The van der Waals surface area contributed by atoms with E-state index in [0.717, 1.165) is 18.8 Å². The molecule has 0 aliphatic heterocycles. The van der Waals surface area contributed by atoms with Crippen molar-refractivity contribution < 1.29 is 5.11 Å². The molecule has 21 heavy (non-hydrogen) atoms. The number of rotatable bonds is 1. The molecule has 2 saturated carbocycles. The molecule has 5 atom stereocenters. The molecule has 3 rings (SSSR count). The first-order valence-corrected chi connectivity index (χ1v) is 8.71. The molecule has 1 N–H and O–H groups in total. The van der Waals surface area contributed by atoms with Gasteiger partial charge in [-0.25, -0.2) is 0 Å². The van der Waals surface area contributed by atoms with Gasteiger partial charge in [-0.05, 0) is 66.6 Å². The van der Waals surface area contributed by atoms with Crippen molar-refractivity contribution in [3.05, 3.63) is 24.3 Å². The molecule has 0 aromatic carbocycles. The van der Waals surface area contributed by atoms with Gasteiger partial charge in [-0.2, -0.15) is 0 Å². The van der Waals surface area contributed by atoms with Crippen LogP contribution in [0, 0.1) is 28.1 Å². The van der Waals surface area contributed by atoms with Crippen molar-refractivity contribution >= 4 is 0 Å². The van der Waals surface area contributed by atoms with Crippen LogP contribution in [-0.4, -0.2) is 11.2 Å². The molecule has 3 aliphatic rings. The Morgan fingerprint density at radius 1 is 1.24 bits per heavy atom. The molecular weight excluding hydrogens is 256 g/mol. The maximum atomic E-state index is 10.5. The highest BCUT2D eigenvalue weighted by molar-refractivity contribution is 5.25. The fourth-order valence-electron chi connectivity index (χ4n) is 6.09. The van der Waals surface area contributed by atoms with Gasteiger partial charge in [0.2, 0.25) is 0 Å². The molecule has 1 heteroatoms. The third-order valence-electron chi connectivity index (χ3n) is 7.14. The fourth-order valence-corrected chi connectivity index (χ4v) is 6.09. The van der Waals surface area contributed by atoms with Crippen molar-refractivity contribution in [2.24, 2.45) is 28.1 Å². The summed E-state index contributed by atoms with van der Waals surface area (Å²) in [7, 11) is 0. The number of allylic oxidation sites excluding steroid dienone is 3. The molecule has 0 amide bonds. The van der Waals surface area contributed by atoms with Crippen LogP contribution in [0.4, 0.5) is 0 Å². The van der Waals surface area contributed by atoms with E-state index in [4.69, 9.17) is 0 Å². The summed E-state index contributed by atoms with van der Waals surface area (Å²) in [5.74, 6) is 1.40. The van der Waals surface area contributed by atoms with E-state index in [0.29, 0.717) is 5.92 Å². The maximum Gasteiger partial charge on any atom is 0.0551 e. The van der Waals surface area contributed by atoms with Crippen LogP contribution in [0.1, 0.15) is 66.2 Å². The van der Waals surface area contributed by atoms with Crippen LogP contribution < -0.4 is 0 Å². The third-order valence-corrected chi connectivity index (χ3v) is 7.14. The first-order valence-electron chi connectivity index (χ1n) is 8.71. The summed E-state index contributed by atoms with van der Waals surface area (Å²) in [6, 6.07) is 0. The molecule has 0 radical (unpaired) electrons. The highest BCUT2D eigenvalue weighted by atomic mass is 16.3. The van der Waals surface area contributed by atoms with Crippen molar-refractivity contribution in [3.63, 3.8) is 0 Å². The van der Waals surface area contributed by atoms with Crippen LogP contribution in [0.3, 0.4) is 0 Å². The van der Waals surface area contributed by atoms with Crippen molar-refractivity contribution in [3.8, 4) is 0 Å². The zero-order valence-electron chi connectivity index (χ0n) is 14.3. The van der Waals surface area contributed by atoms with Gasteiger partial charge in [-0.3, -0.25) is 0 Å². The molecule has 0 bridgehead atoms. The van der Waals surface area contributed by atoms with Gasteiger partial charge >= 0.3 is 0 Å². The van der Waals surface area contributed by atoms with E-state index in [1.807, 2.05) is 0 Å². The SMILES string of the molecule is C=C[C@@]1(C)CCC2C(=CCC3C(C)(C)C[C@H](O)C[C@]23C)C1. The van der Waals surface area contributed by atoms with Gasteiger partial charge in [0.25, 0.3) is 0 Å². The highest BCUT2D eigenvalue weighted by Gasteiger charge is 2.55. The Labute approximate surface area is 130 Å². The molecule has 0 saturated heterocycles. The van der Waals surface area contributed by atoms with Crippen LogP contribution in [-0.2, 0) is 0 Å². The molecule has 2 unspecified atom stereocenters. The molecule has 0 aromatic rings. The van der Waals surface area contributed by atoms with Gasteiger partial charge in [0.05, 0.1) is 6.10 Å². The van der Waals surface area contributed by atoms with Crippen molar-refractivity contribution in [1.29, 1.82) is 0 Å². The van der Waals surface area contributed by atoms with E-state index in [2.05, 4.69) is 46.4 Å². The second-order valence-corrected chi connectivity index (χ2v) is 9.25. The van der Waals surface area contributed by atoms with E-state index < -0.39 is 0 Å². The van der Waals surface area contributed by atoms with Gasteiger partial charge in [0, 0.05) is 0 Å². The average Bonchev–Trinajstić information content (AvgIpc) is 2.36. The minimum atomic E-state index is -0.117. The summed E-state index contributed by atoms with van der Waals surface area (Å²) in [4.78, 5) is 0. The summed E-state index contributed by atoms with van der Waals surface area (Å²) >= 11 is 0. The molecule has 0 aromatic heterocycles. The van der Waals surface area contributed by atoms with Crippen molar-refractivity contribution in [2.75, 3.05) is 0 Å². The Hall–Kier alpha value is -0.560. The fraction of sp³-hybridized carbons (Fsp3) is 0.800. The van der Waals surface area contributed by atoms with E-state index in [1.54, 1.807) is 5.57 Å². The smallest absolute Gasteiger partial charge is 0.0551 e. The van der Waals surface area contributed by atoms with Crippen molar-refractivity contribution in [2.45, 2.75) is 72.3 Å². The van der Waals surface area contributed by atoms with Gasteiger partial charge < -0.3 is 5.11 Å². The largest absolute Gasteiger partial charge is 0.393 e. The summed E-state index contributed by atoms with van der Waals surface area (Å²) in [6.45, 7) is 13.6. The van der Waals surface area contributed by atoms with Crippen LogP contribution in [0.2, 0.25) is 0 Å². The Morgan fingerprint density at radius 3 is 2.62 bits per heavy atom. The predicted octanol–water partition coefficient (Wildman–Crippen LogP) is 5.11. The maximum absolute atomic E-state index is 10.5. The molecule has 0 heterocycles. The summed E-state index contributed by atoms with van der Waals surface area (Å²) in [5, 5.41) is 10.5. The number of hydrogen-bond donors (Lipinski definition) is 1. The number of hydrogen-bond acceptors (Lipinski definition) is 1. The number of aliphatic hydroxyl groups excluding tert-OH is 1. The topological polar surface area (TPSA) is 20.2 Å². The van der Waals surface area contributed by atoms with E-state index in [-0.39, 0.29) is 22.3 Å². The second-order valence-electron chi connectivity index (χ2n) is 9.25. The predicted molar refractivity (Wildman–Crippen MR) is 89.0 cm³/mol. The lowest BCUT2D eigenvalue weighted by atomic mass is 9.45. The van der Waals surface area contributed by atoms with Crippen molar-refractivity contribution in [1.82, 2.24) is 0 Å². The summed E-state index contributed by atoms with van der Waals surface area (Å²) in [6.07, 6.45) is 11.5. The number of aliphatic hydroxyl groups is 1. The second kappa shape index (κ2) is 4.72. The monoisotopic (exact) mass is 288 g/mol. The standard InChI is InChI=1S/C20H32O/c1-6-19(4)10-9-16-14(11-19)7-8-17-18(2,3)12-15(21)13-20(16,17)5/h6-7,15-17,21H,1,8-13H2,2-5H3/t15-,16?,17?,19-,20+/m0/s1. The third kappa shape index (κ3) is 2.32. The lowest BCUT2D eigenvalue weighted by Gasteiger charge is -2.60. The molecule has 1 nitrogen and oxygen atoms in total. The van der Waals surface area contributed by atoms with Crippen LogP contribution in [0.5, 0.6) is 0 Å². The first kappa shape index (κ1) is 15.3. The molecule has 3 aliphatic carbocycles. The lowest BCUT2D eigenvalue weighted by Crippen LogP contribution is -2.53. The van der Waals surface area contributed by atoms with Gasteiger partial charge in [0.15, 0.2) is 0 Å². The Bertz CT molecular complexity index is 474. The summed E-state index contributed by atoms with van der Waals surface area (Å²) in [5.41, 5.74) is 2.49. The van der Waals surface area contributed by atoms with Gasteiger partial charge in [0.1, 0.15) is 0 Å². The van der Waals surface area contributed by atoms with Gasteiger partial charge in [-0.15, -0.1) is 6.58 Å². The minimum Gasteiger partial charge on any atom is -0.393 e. The summed E-state index contributed by atoms with van der Waals surface area (Å²) < 4.78 is 0. The quantitative estimate of drug-likeness (QED) is 0.665. The van der Waals surface area contributed by atoms with Crippen LogP contribution in [0.15, 0.2) is 24.3 Å². The van der Waals surface area contributed by atoms with E-state index in [1.165, 1.54) is 25.7 Å². The molecule has 2 fully saturated rings. The number of fused-ring (bicyclic) bond motifs is 3.